The quantitative estimate of drug-likeness (QED) is 0.655. The number of ether oxygens (including phenoxy) is 2. The molecule has 0 unspecified atom stereocenters. The topological polar surface area (TPSA) is 73.9 Å². The summed E-state index contributed by atoms with van der Waals surface area (Å²) in [5, 5.41) is 0.231. The lowest BCUT2D eigenvalue weighted by molar-refractivity contribution is -0.113. The summed E-state index contributed by atoms with van der Waals surface area (Å²) in [5.74, 6) is 0.411. The molecule has 1 aliphatic rings. The van der Waals surface area contributed by atoms with Gasteiger partial charge in [-0.2, -0.15) is 4.99 Å². The van der Waals surface area contributed by atoms with Crippen molar-refractivity contribution in [1.82, 2.24) is 0 Å². The van der Waals surface area contributed by atoms with Crippen LogP contribution in [0, 0.1) is 5.82 Å². The summed E-state index contributed by atoms with van der Waals surface area (Å²) in [6, 6.07) is 9.69. The molecule has 0 spiro atoms. The zero-order valence-electron chi connectivity index (χ0n) is 14.4. The second kappa shape index (κ2) is 8.58. The highest BCUT2D eigenvalue weighted by molar-refractivity contribution is 9.10. The van der Waals surface area contributed by atoms with E-state index in [-0.39, 0.29) is 23.5 Å². The first kappa shape index (κ1) is 19.4. The molecule has 0 radical (unpaired) electrons. The first-order valence-corrected chi connectivity index (χ1v) is 9.69. The maximum atomic E-state index is 13.0. The molecule has 2 N–H and O–H groups in total. The van der Waals surface area contributed by atoms with Crippen LogP contribution >= 0.6 is 27.7 Å². The third-order valence-electron chi connectivity index (χ3n) is 3.56. The number of hydrogen-bond acceptors (Lipinski definition) is 5. The normalized spacial score (nSPS) is 15.1. The van der Waals surface area contributed by atoms with E-state index in [1.165, 1.54) is 12.1 Å². The predicted molar refractivity (Wildman–Crippen MR) is 108 cm³/mol. The van der Waals surface area contributed by atoms with Crippen LogP contribution in [-0.2, 0) is 11.4 Å². The van der Waals surface area contributed by atoms with Gasteiger partial charge >= 0.3 is 0 Å². The Morgan fingerprint density at radius 2 is 2.00 bits per heavy atom. The van der Waals surface area contributed by atoms with Crippen molar-refractivity contribution in [2.75, 3.05) is 6.61 Å². The van der Waals surface area contributed by atoms with Crippen molar-refractivity contribution in [1.29, 1.82) is 0 Å². The molecule has 27 heavy (non-hydrogen) atoms. The van der Waals surface area contributed by atoms with Crippen molar-refractivity contribution in [3.63, 3.8) is 0 Å². The summed E-state index contributed by atoms with van der Waals surface area (Å²) in [7, 11) is 0. The number of aliphatic imine (C=N–C) groups is 1. The van der Waals surface area contributed by atoms with Crippen LogP contribution in [0.25, 0.3) is 6.08 Å². The third kappa shape index (κ3) is 4.90. The fraction of sp³-hybridized carbons (Fsp3) is 0.158. The maximum Gasteiger partial charge on any atom is 0.286 e. The summed E-state index contributed by atoms with van der Waals surface area (Å²) in [4.78, 5) is 15.9. The molecule has 0 aromatic heterocycles. The van der Waals surface area contributed by atoms with Gasteiger partial charge in [-0.25, -0.2) is 4.39 Å². The van der Waals surface area contributed by atoms with E-state index in [2.05, 4.69) is 20.9 Å². The molecule has 0 aliphatic carbocycles. The van der Waals surface area contributed by atoms with Crippen molar-refractivity contribution in [3.8, 4) is 11.5 Å². The van der Waals surface area contributed by atoms with Crippen molar-refractivity contribution in [2.45, 2.75) is 13.5 Å². The molecule has 1 aliphatic heterocycles. The summed E-state index contributed by atoms with van der Waals surface area (Å²) >= 11 is 4.62. The fourth-order valence-electron chi connectivity index (χ4n) is 2.39. The minimum atomic E-state index is -0.358. The van der Waals surface area contributed by atoms with E-state index in [4.69, 9.17) is 15.2 Å². The van der Waals surface area contributed by atoms with E-state index >= 15 is 0 Å². The molecule has 0 bridgehead atoms. The summed E-state index contributed by atoms with van der Waals surface area (Å²) in [6.07, 6.45) is 1.70. The van der Waals surface area contributed by atoms with Gasteiger partial charge in [0.25, 0.3) is 5.91 Å². The van der Waals surface area contributed by atoms with E-state index in [1.807, 2.05) is 13.0 Å². The van der Waals surface area contributed by atoms with Gasteiger partial charge in [-0.15, -0.1) is 0 Å². The molecular weight excluding hydrogens is 435 g/mol. The highest BCUT2D eigenvalue weighted by Gasteiger charge is 2.20. The standard InChI is InChI=1S/C19H16BrFN2O3S/c1-2-25-15-8-12(9-16-18(24)23-19(22)27-16)7-14(20)17(15)26-10-11-3-5-13(21)6-4-11/h3-9H,2,10H2,1H3,(H2,22,23,24)/b16-9+. The molecule has 140 valence electrons. The zero-order chi connectivity index (χ0) is 19.4. The van der Waals surface area contributed by atoms with E-state index in [9.17, 15) is 9.18 Å². The highest BCUT2D eigenvalue weighted by Crippen LogP contribution is 2.39. The van der Waals surface area contributed by atoms with Crippen LogP contribution in [0.2, 0.25) is 0 Å². The van der Waals surface area contributed by atoms with Gasteiger partial charge in [-0.3, -0.25) is 4.79 Å². The lowest BCUT2D eigenvalue weighted by Crippen LogP contribution is -2.01. The van der Waals surface area contributed by atoms with Gasteiger partial charge < -0.3 is 15.2 Å². The summed E-state index contributed by atoms with van der Waals surface area (Å²) < 4.78 is 25.3. The van der Waals surface area contributed by atoms with Gasteiger partial charge in [0.15, 0.2) is 16.7 Å². The number of carbonyl (C=O) groups excluding carboxylic acids is 1. The molecule has 1 amide bonds. The number of carbonyl (C=O) groups is 1. The van der Waals surface area contributed by atoms with Crippen LogP contribution in [-0.4, -0.2) is 17.7 Å². The molecule has 5 nitrogen and oxygen atoms in total. The zero-order valence-corrected chi connectivity index (χ0v) is 16.8. The molecule has 1 heterocycles. The van der Waals surface area contributed by atoms with Crippen LogP contribution < -0.4 is 15.2 Å². The number of hydrogen-bond donors (Lipinski definition) is 1. The first-order valence-electron chi connectivity index (χ1n) is 8.08. The van der Waals surface area contributed by atoms with Crippen LogP contribution in [0.5, 0.6) is 11.5 Å². The second-order valence-corrected chi connectivity index (χ2v) is 7.46. The minimum absolute atomic E-state index is 0.231. The number of halogens is 2. The van der Waals surface area contributed by atoms with Gasteiger partial charge in [0.05, 0.1) is 16.0 Å². The van der Waals surface area contributed by atoms with Crippen LogP contribution in [0.15, 0.2) is 50.8 Å². The van der Waals surface area contributed by atoms with E-state index in [1.54, 1.807) is 24.3 Å². The van der Waals surface area contributed by atoms with Gasteiger partial charge in [0, 0.05) is 0 Å². The Kier molecular flexibility index (Phi) is 6.18. The molecule has 2 aromatic rings. The molecule has 0 saturated heterocycles. The molecule has 0 fully saturated rings. The number of amidine groups is 1. The highest BCUT2D eigenvalue weighted by atomic mass is 79.9. The van der Waals surface area contributed by atoms with Gasteiger partial charge in [0.1, 0.15) is 12.4 Å². The molecular formula is C19H16BrFN2O3S. The maximum absolute atomic E-state index is 13.0. The largest absolute Gasteiger partial charge is 0.490 e. The summed E-state index contributed by atoms with van der Waals surface area (Å²) in [6.45, 7) is 2.58. The number of amides is 1. The number of nitrogens with zero attached hydrogens (tertiary/aromatic N) is 1. The second-order valence-electron chi connectivity index (χ2n) is 5.54. The van der Waals surface area contributed by atoms with E-state index in [0.717, 1.165) is 22.9 Å². The van der Waals surface area contributed by atoms with Gasteiger partial charge in [0.2, 0.25) is 0 Å². The Morgan fingerprint density at radius 3 is 2.63 bits per heavy atom. The van der Waals surface area contributed by atoms with Crippen molar-refractivity contribution in [3.05, 3.63) is 62.7 Å². The average Bonchev–Trinajstić information content (AvgIpc) is 2.93. The SMILES string of the molecule is CCOc1cc(/C=C2/SC(N)=NC2=O)cc(Br)c1OCc1ccc(F)cc1. The van der Waals surface area contributed by atoms with Crippen molar-refractivity contribution >= 4 is 44.8 Å². The van der Waals surface area contributed by atoms with Crippen molar-refractivity contribution < 1.29 is 18.7 Å². The lowest BCUT2D eigenvalue weighted by Gasteiger charge is -2.15. The Balaban J connectivity index is 1.85. The minimum Gasteiger partial charge on any atom is -0.490 e. The number of benzene rings is 2. The third-order valence-corrected chi connectivity index (χ3v) is 4.96. The van der Waals surface area contributed by atoms with Crippen LogP contribution in [0.3, 0.4) is 0 Å². The number of thioether (sulfide) groups is 1. The van der Waals surface area contributed by atoms with E-state index < -0.39 is 0 Å². The molecule has 0 atom stereocenters. The molecule has 3 rings (SSSR count). The lowest BCUT2D eigenvalue weighted by atomic mass is 10.1. The Labute approximate surface area is 168 Å². The summed E-state index contributed by atoms with van der Waals surface area (Å²) in [5.41, 5.74) is 7.16. The smallest absolute Gasteiger partial charge is 0.286 e. The first-order chi connectivity index (χ1) is 13.0. The number of nitrogens with two attached hydrogens (primary N) is 1. The fourth-order valence-corrected chi connectivity index (χ4v) is 3.64. The van der Waals surface area contributed by atoms with Gasteiger partial charge in [-0.05, 0) is 76.1 Å². The van der Waals surface area contributed by atoms with Crippen LogP contribution in [0.1, 0.15) is 18.1 Å². The van der Waals surface area contributed by atoms with Crippen molar-refractivity contribution in [2.24, 2.45) is 10.7 Å². The Morgan fingerprint density at radius 1 is 1.26 bits per heavy atom. The monoisotopic (exact) mass is 450 g/mol. The molecule has 2 aromatic carbocycles. The Bertz CT molecular complexity index is 929. The molecule has 8 heteroatoms. The predicted octanol–water partition coefficient (Wildman–Crippen LogP) is 4.49. The number of rotatable bonds is 6. The van der Waals surface area contributed by atoms with Crippen LogP contribution in [0.4, 0.5) is 4.39 Å². The van der Waals surface area contributed by atoms with E-state index in [0.29, 0.717) is 27.5 Å². The Hall–Kier alpha value is -2.32. The molecule has 0 saturated carbocycles. The van der Waals surface area contributed by atoms with Gasteiger partial charge in [-0.1, -0.05) is 12.1 Å². The average molecular weight is 451 g/mol.